The van der Waals surface area contributed by atoms with Gasteiger partial charge in [0.05, 0.1) is 6.21 Å². The van der Waals surface area contributed by atoms with Crippen LogP contribution >= 0.6 is 0 Å². The first kappa shape index (κ1) is 19.0. The number of benzene rings is 2. The Morgan fingerprint density at radius 1 is 1.04 bits per heavy atom. The molecule has 4 nitrogen and oxygen atoms in total. The van der Waals surface area contributed by atoms with E-state index in [4.69, 9.17) is 0 Å². The third-order valence-electron chi connectivity index (χ3n) is 4.33. The van der Waals surface area contributed by atoms with E-state index in [0.717, 1.165) is 23.6 Å². The van der Waals surface area contributed by atoms with E-state index >= 15 is 0 Å². The lowest BCUT2D eigenvalue weighted by atomic mass is 10.1. The second-order valence-electron chi connectivity index (χ2n) is 6.39. The molecule has 0 spiro atoms. The number of carbonyl (C=O) groups is 1. The van der Waals surface area contributed by atoms with Crippen LogP contribution in [0.2, 0.25) is 0 Å². The number of carbonyl (C=O) groups excluding carboxylic acids is 1. The molecule has 134 valence electrons. The summed E-state index contributed by atoms with van der Waals surface area (Å²) in [5.41, 5.74) is 3.13. The molecule has 0 unspecified atom stereocenters. The highest BCUT2D eigenvalue weighted by atomic mass is 16.3. The summed E-state index contributed by atoms with van der Waals surface area (Å²) in [6, 6.07) is 11.3. The maximum absolute atomic E-state index is 11.8. The number of unbranched alkanes of at least 4 members (excludes halogenated alkanes) is 6. The van der Waals surface area contributed by atoms with Gasteiger partial charge in [-0.1, -0.05) is 75.8 Å². The molecule has 2 N–H and O–H groups in total. The van der Waals surface area contributed by atoms with Gasteiger partial charge in [0, 0.05) is 17.4 Å². The van der Waals surface area contributed by atoms with Crippen LogP contribution < -0.4 is 5.43 Å². The molecule has 0 atom stereocenters. The van der Waals surface area contributed by atoms with E-state index in [9.17, 15) is 9.90 Å². The van der Waals surface area contributed by atoms with Gasteiger partial charge in [0.2, 0.25) is 5.91 Å². The van der Waals surface area contributed by atoms with Crippen LogP contribution in [0.15, 0.2) is 41.5 Å². The summed E-state index contributed by atoms with van der Waals surface area (Å²) in [6.45, 7) is 2.21. The van der Waals surface area contributed by atoms with Gasteiger partial charge in [-0.15, -0.1) is 0 Å². The highest BCUT2D eigenvalue weighted by Gasteiger charge is 2.04. The molecule has 0 aliphatic heterocycles. The van der Waals surface area contributed by atoms with E-state index in [-0.39, 0.29) is 11.7 Å². The molecular weight excluding hydrogens is 312 g/mol. The van der Waals surface area contributed by atoms with E-state index in [2.05, 4.69) is 17.5 Å². The number of hydrogen-bond acceptors (Lipinski definition) is 3. The molecular formula is C21H28N2O2. The summed E-state index contributed by atoms with van der Waals surface area (Å²) in [7, 11) is 0. The summed E-state index contributed by atoms with van der Waals surface area (Å²) >= 11 is 0. The molecule has 0 radical (unpaired) electrons. The monoisotopic (exact) mass is 340 g/mol. The number of nitrogens with zero attached hydrogens (tertiary/aromatic N) is 1. The van der Waals surface area contributed by atoms with Crippen molar-refractivity contribution in [3.05, 3.63) is 42.0 Å². The van der Waals surface area contributed by atoms with Gasteiger partial charge in [0.1, 0.15) is 5.75 Å². The smallest absolute Gasteiger partial charge is 0.240 e. The molecule has 0 bridgehead atoms. The predicted molar refractivity (Wildman–Crippen MR) is 104 cm³/mol. The molecule has 2 aromatic carbocycles. The Morgan fingerprint density at radius 2 is 1.76 bits per heavy atom. The maximum Gasteiger partial charge on any atom is 0.240 e. The second-order valence-corrected chi connectivity index (χ2v) is 6.39. The number of nitrogens with one attached hydrogen (secondary N) is 1. The van der Waals surface area contributed by atoms with Gasteiger partial charge >= 0.3 is 0 Å². The van der Waals surface area contributed by atoms with Crippen LogP contribution in [0.25, 0.3) is 10.8 Å². The van der Waals surface area contributed by atoms with Crippen molar-refractivity contribution in [3.8, 4) is 5.75 Å². The third kappa shape index (κ3) is 6.22. The Kier molecular flexibility index (Phi) is 7.96. The van der Waals surface area contributed by atoms with E-state index in [1.54, 1.807) is 6.07 Å². The minimum absolute atomic E-state index is 0.0786. The van der Waals surface area contributed by atoms with Gasteiger partial charge in [0.25, 0.3) is 0 Å². The first-order valence-electron chi connectivity index (χ1n) is 9.25. The SMILES string of the molecule is CCCCCCCCCC(=O)NN=Cc1ccc2ccccc2c1O. The summed E-state index contributed by atoms with van der Waals surface area (Å²) < 4.78 is 0. The average Bonchev–Trinajstić information content (AvgIpc) is 2.63. The number of amides is 1. The number of phenols is 1. The van der Waals surface area contributed by atoms with Gasteiger partial charge in [-0.25, -0.2) is 5.43 Å². The molecule has 0 fully saturated rings. The fourth-order valence-corrected chi connectivity index (χ4v) is 2.85. The topological polar surface area (TPSA) is 61.7 Å². The van der Waals surface area contributed by atoms with Gasteiger partial charge in [-0.05, 0) is 17.9 Å². The molecule has 0 heterocycles. The molecule has 1 amide bonds. The zero-order chi connectivity index (χ0) is 17.9. The van der Waals surface area contributed by atoms with Crippen LogP contribution in [0.3, 0.4) is 0 Å². The second kappa shape index (κ2) is 10.5. The zero-order valence-corrected chi connectivity index (χ0v) is 15.0. The van der Waals surface area contributed by atoms with Gasteiger partial charge in [-0.3, -0.25) is 4.79 Å². The third-order valence-corrected chi connectivity index (χ3v) is 4.33. The molecule has 0 saturated heterocycles. The average molecular weight is 340 g/mol. The van der Waals surface area contributed by atoms with Crippen molar-refractivity contribution in [2.24, 2.45) is 5.10 Å². The first-order valence-corrected chi connectivity index (χ1v) is 9.25. The standard InChI is InChI=1S/C21H28N2O2/c1-2-3-4-5-6-7-8-13-20(24)23-22-16-18-15-14-17-11-9-10-12-19(17)21(18)25/h9-12,14-16,25H,2-8,13H2,1H3,(H,23,24). The van der Waals surface area contributed by atoms with Crippen LogP contribution in [0.4, 0.5) is 0 Å². The number of hydrazone groups is 1. The van der Waals surface area contributed by atoms with Crippen molar-refractivity contribution in [1.29, 1.82) is 0 Å². The molecule has 0 aliphatic rings. The van der Waals surface area contributed by atoms with Crippen LogP contribution in [-0.4, -0.2) is 17.2 Å². The Hall–Kier alpha value is -2.36. The maximum atomic E-state index is 11.8. The van der Waals surface area contributed by atoms with E-state index in [1.807, 2.05) is 30.3 Å². The van der Waals surface area contributed by atoms with Gasteiger partial charge in [0.15, 0.2) is 0 Å². The Bertz CT molecular complexity index is 710. The zero-order valence-electron chi connectivity index (χ0n) is 15.0. The van der Waals surface area contributed by atoms with Crippen LogP contribution in [0, 0.1) is 0 Å². The summed E-state index contributed by atoms with van der Waals surface area (Å²) in [5.74, 6) is 0.105. The van der Waals surface area contributed by atoms with Crippen molar-refractivity contribution in [1.82, 2.24) is 5.43 Å². The number of hydrogen-bond donors (Lipinski definition) is 2. The number of fused-ring (bicyclic) bond motifs is 1. The molecule has 0 saturated carbocycles. The fourth-order valence-electron chi connectivity index (χ4n) is 2.85. The predicted octanol–water partition coefficient (Wildman–Crippen LogP) is 5.14. The van der Waals surface area contributed by atoms with Crippen molar-refractivity contribution in [2.45, 2.75) is 58.3 Å². The van der Waals surface area contributed by atoms with Gasteiger partial charge < -0.3 is 5.11 Å². The normalized spacial score (nSPS) is 11.2. The lowest BCUT2D eigenvalue weighted by Crippen LogP contribution is -2.16. The van der Waals surface area contributed by atoms with Crippen LogP contribution in [-0.2, 0) is 4.79 Å². The van der Waals surface area contributed by atoms with E-state index in [1.165, 1.54) is 38.3 Å². The Balaban J connectivity index is 1.73. The number of aromatic hydroxyl groups is 1. The quantitative estimate of drug-likeness (QED) is 0.357. The molecule has 0 aliphatic carbocycles. The largest absolute Gasteiger partial charge is 0.507 e. The summed E-state index contributed by atoms with van der Waals surface area (Å²) in [5, 5.41) is 16.0. The summed E-state index contributed by atoms with van der Waals surface area (Å²) in [6.07, 6.45) is 10.3. The van der Waals surface area contributed by atoms with Crippen molar-refractivity contribution in [3.63, 3.8) is 0 Å². The minimum Gasteiger partial charge on any atom is -0.507 e. The number of phenolic OH excluding ortho intramolecular Hbond substituents is 1. The fraction of sp³-hybridized carbons (Fsp3) is 0.429. The molecule has 2 aromatic rings. The lowest BCUT2D eigenvalue weighted by molar-refractivity contribution is -0.121. The van der Waals surface area contributed by atoms with Gasteiger partial charge in [-0.2, -0.15) is 5.10 Å². The van der Waals surface area contributed by atoms with E-state index in [0.29, 0.717) is 12.0 Å². The molecule has 25 heavy (non-hydrogen) atoms. The summed E-state index contributed by atoms with van der Waals surface area (Å²) in [4.78, 5) is 11.8. The molecule has 2 rings (SSSR count). The van der Waals surface area contributed by atoms with E-state index < -0.39 is 0 Å². The van der Waals surface area contributed by atoms with Crippen molar-refractivity contribution in [2.75, 3.05) is 0 Å². The molecule has 0 aromatic heterocycles. The first-order chi connectivity index (χ1) is 12.2. The Labute approximate surface area is 149 Å². The highest BCUT2D eigenvalue weighted by molar-refractivity contribution is 5.97. The number of rotatable bonds is 10. The Morgan fingerprint density at radius 3 is 2.56 bits per heavy atom. The van der Waals surface area contributed by atoms with Crippen molar-refractivity contribution < 1.29 is 9.90 Å². The van der Waals surface area contributed by atoms with Crippen LogP contribution in [0.5, 0.6) is 5.75 Å². The van der Waals surface area contributed by atoms with Crippen molar-refractivity contribution >= 4 is 22.9 Å². The van der Waals surface area contributed by atoms with Crippen LogP contribution in [0.1, 0.15) is 63.9 Å². The highest BCUT2D eigenvalue weighted by Crippen LogP contribution is 2.27. The molecule has 4 heteroatoms. The minimum atomic E-state index is -0.0786. The lowest BCUT2D eigenvalue weighted by Gasteiger charge is -2.04.